The number of piperidine rings is 2. The number of hydrogen-bond donors (Lipinski definition) is 1. The molecule has 166 valence electrons. The molecule has 2 saturated heterocycles. The molecule has 0 aliphatic carbocycles. The van der Waals surface area contributed by atoms with Crippen molar-refractivity contribution in [2.45, 2.75) is 57.5 Å². The number of likely N-dealkylation sites (tertiary alicyclic amines) is 2. The average Bonchev–Trinajstić information content (AvgIpc) is 2.82. The Hall–Kier alpha value is -2.44. The molecule has 0 bridgehead atoms. The summed E-state index contributed by atoms with van der Waals surface area (Å²) in [6, 6.07) is 13.7. The first-order valence-electron chi connectivity index (χ1n) is 11.7. The van der Waals surface area contributed by atoms with Crippen molar-refractivity contribution in [3.8, 4) is 11.6 Å². The second kappa shape index (κ2) is 10.7. The van der Waals surface area contributed by atoms with Crippen LogP contribution in [0, 0.1) is 0 Å². The Morgan fingerprint density at radius 2 is 1.87 bits per heavy atom. The summed E-state index contributed by atoms with van der Waals surface area (Å²) in [7, 11) is 0. The lowest BCUT2D eigenvalue weighted by atomic mass is 9.94. The molecule has 2 aromatic rings. The third kappa shape index (κ3) is 5.83. The van der Waals surface area contributed by atoms with E-state index in [0.29, 0.717) is 17.6 Å². The average molecular weight is 423 g/mol. The van der Waals surface area contributed by atoms with Crippen LogP contribution in [-0.4, -0.2) is 59.0 Å². The van der Waals surface area contributed by atoms with Crippen LogP contribution in [0.15, 0.2) is 48.7 Å². The Kier molecular flexibility index (Phi) is 7.54. The molecule has 6 nitrogen and oxygen atoms in total. The number of amides is 1. The molecular weight excluding hydrogens is 388 g/mol. The Bertz CT molecular complexity index is 819. The van der Waals surface area contributed by atoms with Crippen molar-refractivity contribution >= 4 is 11.6 Å². The molecule has 0 unspecified atom stereocenters. The number of anilines is 1. The normalized spacial score (nSPS) is 21.0. The van der Waals surface area contributed by atoms with Crippen molar-refractivity contribution in [3.05, 3.63) is 48.7 Å². The van der Waals surface area contributed by atoms with Crippen molar-refractivity contribution in [1.29, 1.82) is 0 Å². The maximum Gasteiger partial charge on any atom is 0.241 e. The van der Waals surface area contributed by atoms with Gasteiger partial charge in [-0.15, -0.1) is 0 Å². The number of rotatable bonds is 7. The Balaban J connectivity index is 1.34. The van der Waals surface area contributed by atoms with Gasteiger partial charge in [-0.2, -0.15) is 0 Å². The summed E-state index contributed by atoms with van der Waals surface area (Å²) in [6.45, 7) is 6.75. The SMILES string of the molecule is CCCN1CCC(N2CCCC[C@@H]2C(=O)Nc2ccc(Oc3ccccc3)nc2)CC1. The summed E-state index contributed by atoms with van der Waals surface area (Å²) in [4.78, 5) is 22.5. The molecule has 0 saturated carbocycles. The van der Waals surface area contributed by atoms with E-state index in [-0.39, 0.29) is 11.9 Å². The number of pyridine rings is 1. The van der Waals surface area contributed by atoms with Crippen LogP contribution in [0.3, 0.4) is 0 Å². The lowest BCUT2D eigenvalue weighted by molar-refractivity contribution is -0.124. The molecule has 2 aliphatic heterocycles. The number of carbonyl (C=O) groups is 1. The highest BCUT2D eigenvalue weighted by molar-refractivity contribution is 5.94. The van der Waals surface area contributed by atoms with Crippen LogP contribution in [0.1, 0.15) is 45.4 Å². The van der Waals surface area contributed by atoms with E-state index in [1.165, 1.54) is 19.4 Å². The first kappa shape index (κ1) is 21.8. The monoisotopic (exact) mass is 422 g/mol. The third-order valence-electron chi connectivity index (χ3n) is 6.38. The molecular formula is C25H34N4O2. The molecule has 2 aliphatic rings. The van der Waals surface area contributed by atoms with E-state index in [2.05, 4.69) is 27.0 Å². The summed E-state index contributed by atoms with van der Waals surface area (Å²) in [5.74, 6) is 1.35. The Labute approximate surface area is 185 Å². The zero-order chi connectivity index (χ0) is 21.5. The van der Waals surface area contributed by atoms with Crippen LogP contribution in [0.25, 0.3) is 0 Å². The highest BCUT2D eigenvalue weighted by Crippen LogP contribution is 2.27. The molecule has 2 fully saturated rings. The predicted molar refractivity (Wildman–Crippen MR) is 123 cm³/mol. The van der Waals surface area contributed by atoms with Crippen LogP contribution in [0.2, 0.25) is 0 Å². The second-order valence-corrected chi connectivity index (χ2v) is 8.61. The molecule has 4 rings (SSSR count). The number of ether oxygens (including phenoxy) is 1. The smallest absolute Gasteiger partial charge is 0.241 e. The van der Waals surface area contributed by atoms with Crippen LogP contribution in [0.4, 0.5) is 5.69 Å². The lowest BCUT2D eigenvalue weighted by Gasteiger charge is -2.44. The van der Waals surface area contributed by atoms with Gasteiger partial charge in [0.25, 0.3) is 0 Å². The van der Waals surface area contributed by atoms with Gasteiger partial charge >= 0.3 is 0 Å². The van der Waals surface area contributed by atoms with Gasteiger partial charge in [-0.25, -0.2) is 4.98 Å². The lowest BCUT2D eigenvalue weighted by Crippen LogP contribution is -2.54. The zero-order valence-corrected chi connectivity index (χ0v) is 18.5. The largest absolute Gasteiger partial charge is 0.439 e. The highest BCUT2D eigenvalue weighted by Gasteiger charge is 2.35. The van der Waals surface area contributed by atoms with E-state index in [1.54, 1.807) is 12.3 Å². The van der Waals surface area contributed by atoms with E-state index in [0.717, 1.165) is 51.1 Å². The van der Waals surface area contributed by atoms with E-state index < -0.39 is 0 Å². The Morgan fingerprint density at radius 3 is 2.58 bits per heavy atom. The molecule has 1 aromatic carbocycles. The van der Waals surface area contributed by atoms with Crippen molar-refractivity contribution in [3.63, 3.8) is 0 Å². The number of benzene rings is 1. The number of nitrogens with zero attached hydrogens (tertiary/aromatic N) is 3. The number of aromatic nitrogens is 1. The minimum absolute atomic E-state index is 0.0447. The first-order chi connectivity index (χ1) is 15.2. The summed E-state index contributed by atoms with van der Waals surface area (Å²) in [5, 5.41) is 3.09. The fourth-order valence-corrected chi connectivity index (χ4v) is 4.81. The van der Waals surface area contributed by atoms with Gasteiger partial charge in [0.1, 0.15) is 5.75 Å². The fourth-order valence-electron chi connectivity index (χ4n) is 4.81. The Morgan fingerprint density at radius 1 is 1.06 bits per heavy atom. The van der Waals surface area contributed by atoms with Gasteiger partial charge < -0.3 is 15.0 Å². The maximum absolute atomic E-state index is 13.1. The summed E-state index contributed by atoms with van der Waals surface area (Å²) in [6.07, 6.45) is 8.45. The molecule has 0 spiro atoms. The van der Waals surface area contributed by atoms with Crippen LogP contribution in [-0.2, 0) is 4.79 Å². The van der Waals surface area contributed by atoms with Crippen molar-refractivity contribution in [2.75, 3.05) is 31.5 Å². The number of nitrogens with one attached hydrogen (secondary N) is 1. The van der Waals surface area contributed by atoms with E-state index in [9.17, 15) is 4.79 Å². The van der Waals surface area contributed by atoms with Gasteiger partial charge in [-0.3, -0.25) is 9.69 Å². The van der Waals surface area contributed by atoms with Crippen LogP contribution < -0.4 is 10.1 Å². The standard InChI is InChI=1S/C25H34N4O2/c1-2-15-28-17-13-21(14-18-28)29-16-7-6-10-23(29)25(30)27-20-11-12-24(26-19-20)31-22-8-4-3-5-9-22/h3-5,8-9,11-12,19,21,23H,2,6-7,10,13-18H2,1H3,(H,27,30)/t23-/m1/s1. The van der Waals surface area contributed by atoms with Crippen molar-refractivity contribution in [2.24, 2.45) is 0 Å². The number of carbonyl (C=O) groups excluding carboxylic acids is 1. The van der Waals surface area contributed by atoms with E-state index in [1.807, 2.05) is 36.4 Å². The molecule has 1 amide bonds. The molecule has 3 heterocycles. The van der Waals surface area contributed by atoms with Crippen molar-refractivity contribution in [1.82, 2.24) is 14.8 Å². The van der Waals surface area contributed by atoms with Crippen LogP contribution in [0.5, 0.6) is 11.6 Å². The summed E-state index contributed by atoms with van der Waals surface area (Å²) in [5.41, 5.74) is 0.716. The third-order valence-corrected chi connectivity index (χ3v) is 6.38. The topological polar surface area (TPSA) is 57.7 Å². The number of hydrogen-bond acceptors (Lipinski definition) is 5. The van der Waals surface area contributed by atoms with Gasteiger partial charge in [0.15, 0.2) is 0 Å². The number of para-hydroxylation sites is 1. The summed E-state index contributed by atoms with van der Waals surface area (Å²) < 4.78 is 5.74. The molecule has 0 radical (unpaired) electrons. The van der Waals surface area contributed by atoms with Gasteiger partial charge in [0, 0.05) is 12.1 Å². The predicted octanol–water partition coefficient (Wildman–Crippen LogP) is 4.54. The van der Waals surface area contributed by atoms with Crippen molar-refractivity contribution < 1.29 is 9.53 Å². The molecule has 1 aromatic heterocycles. The zero-order valence-electron chi connectivity index (χ0n) is 18.5. The highest BCUT2D eigenvalue weighted by atomic mass is 16.5. The van der Waals surface area contributed by atoms with Gasteiger partial charge in [-0.05, 0) is 76.5 Å². The minimum atomic E-state index is -0.0447. The molecule has 1 N–H and O–H groups in total. The first-order valence-corrected chi connectivity index (χ1v) is 11.7. The van der Waals surface area contributed by atoms with Gasteiger partial charge in [0.05, 0.1) is 17.9 Å². The molecule has 31 heavy (non-hydrogen) atoms. The quantitative estimate of drug-likeness (QED) is 0.710. The van der Waals surface area contributed by atoms with E-state index in [4.69, 9.17) is 4.74 Å². The molecule has 6 heteroatoms. The minimum Gasteiger partial charge on any atom is -0.439 e. The second-order valence-electron chi connectivity index (χ2n) is 8.61. The van der Waals surface area contributed by atoms with Crippen LogP contribution >= 0.6 is 0 Å². The maximum atomic E-state index is 13.1. The molecule has 1 atom stereocenters. The fraction of sp³-hybridized carbons (Fsp3) is 0.520. The van der Waals surface area contributed by atoms with Gasteiger partial charge in [-0.1, -0.05) is 31.5 Å². The summed E-state index contributed by atoms with van der Waals surface area (Å²) >= 11 is 0. The van der Waals surface area contributed by atoms with E-state index >= 15 is 0 Å². The van der Waals surface area contributed by atoms with Gasteiger partial charge in [0.2, 0.25) is 11.8 Å².